The van der Waals surface area contributed by atoms with Gasteiger partial charge in [-0.3, -0.25) is 0 Å². The number of hydrogen-bond donors (Lipinski definition) is 1. The number of ether oxygens (including phenoxy) is 1. The molecule has 0 atom stereocenters. The summed E-state index contributed by atoms with van der Waals surface area (Å²) in [5, 5.41) is 3.26. The summed E-state index contributed by atoms with van der Waals surface area (Å²) in [6.07, 6.45) is 7.66. The van der Waals surface area contributed by atoms with Crippen molar-refractivity contribution in [3.05, 3.63) is 0 Å². The highest BCUT2D eigenvalue weighted by Crippen LogP contribution is 2.30. The van der Waals surface area contributed by atoms with Crippen LogP contribution in [0.3, 0.4) is 0 Å². The van der Waals surface area contributed by atoms with Crippen LogP contribution in [0.4, 0.5) is 0 Å². The van der Waals surface area contributed by atoms with E-state index in [-0.39, 0.29) is 0 Å². The van der Waals surface area contributed by atoms with Crippen molar-refractivity contribution in [2.45, 2.75) is 50.4 Å². The van der Waals surface area contributed by atoms with Crippen LogP contribution < -0.4 is 5.32 Å². The van der Waals surface area contributed by atoms with E-state index in [1.165, 1.54) is 32.1 Å². The molecule has 2 rings (SSSR count). The molecule has 0 radical (unpaired) electrons. The first-order chi connectivity index (χ1) is 5.38. The first-order valence-corrected chi connectivity index (χ1v) is 4.71. The molecule has 0 bridgehead atoms. The van der Waals surface area contributed by atoms with E-state index in [4.69, 9.17) is 4.74 Å². The van der Waals surface area contributed by atoms with Crippen LogP contribution in [-0.4, -0.2) is 25.3 Å². The van der Waals surface area contributed by atoms with Crippen LogP contribution in [0.15, 0.2) is 0 Å². The summed E-state index contributed by atoms with van der Waals surface area (Å²) in [5.41, 5.74) is 0. The van der Waals surface area contributed by atoms with Crippen molar-refractivity contribution in [2.24, 2.45) is 0 Å². The van der Waals surface area contributed by atoms with Crippen molar-refractivity contribution in [3.8, 4) is 0 Å². The SMILES string of the molecule is CNC1CC(OC2CCC2)C1. The lowest BCUT2D eigenvalue weighted by Crippen LogP contribution is -2.46. The third-order valence-electron chi connectivity index (χ3n) is 2.94. The van der Waals surface area contributed by atoms with Crippen molar-refractivity contribution in [2.75, 3.05) is 7.05 Å². The van der Waals surface area contributed by atoms with Gasteiger partial charge in [-0.2, -0.15) is 0 Å². The zero-order valence-corrected chi connectivity index (χ0v) is 7.18. The molecule has 11 heavy (non-hydrogen) atoms. The zero-order valence-electron chi connectivity index (χ0n) is 7.18. The predicted molar refractivity (Wildman–Crippen MR) is 44.6 cm³/mol. The highest BCUT2D eigenvalue weighted by molar-refractivity contribution is 4.86. The molecule has 0 unspecified atom stereocenters. The summed E-state index contributed by atoms with van der Waals surface area (Å²) in [4.78, 5) is 0. The fourth-order valence-corrected chi connectivity index (χ4v) is 1.69. The van der Waals surface area contributed by atoms with E-state index in [0.29, 0.717) is 12.2 Å². The molecule has 64 valence electrons. The molecule has 1 N–H and O–H groups in total. The van der Waals surface area contributed by atoms with Gasteiger partial charge in [0.05, 0.1) is 12.2 Å². The molecule has 2 fully saturated rings. The van der Waals surface area contributed by atoms with Gasteiger partial charge in [-0.15, -0.1) is 0 Å². The maximum absolute atomic E-state index is 5.81. The smallest absolute Gasteiger partial charge is 0.0608 e. The monoisotopic (exact) mass is 155 g/mol. The first-order valence-electron chi connectivity index (χ1n) is 4.71. The molecule has 0 heterocycles. The van der Waals surface area contributed by atoms with E-state index in [2.05, 4.69) is 5.32 Å². The van der Waals surface area contributed by atoms with Crippen LogP contribution in [-0.2, 0) is 4.74 Å². The van der Waals surface area contributed by atoms with Crippen molar-refractivity contribution in [1.29, 1.82) is 0 Å². The third kappa shape index (κ3) is 1.57. The van der Waals surface area contributed by atoms with Gasteiger partial charge in [0.2, 0.25) is 0 Å². The largest absolute Gasteiger partial charge is 0.375 e. The average molecular weight is 155 g/mol. The lowest BCUT2D eigenvalue weighted by atomic mass is 9.88. The zero-order chi connectivity index (χ0) is 7.68. The molecule has 0 aliphatic heterocycles. The van der Waals surface area contributed by atoms with E-state index >= 15 is 0 Å². The van der Waals surface area contributed by atoms with Gasteiger partial charge in [0.15, 0.2) is 0 Å². The molecule has 2 aliphatic rings. The highest BCUT2D eigenvalue weighted by Gasteiger charge is 2.32. The van der Waals surface area contributed by atoms with E-state index < -0.39 is 0 Å². The van der Waals surface area contributed by atoms with E-state index in [0.717, 1.165) is 6.04 Å². The van der Waals surface area contributed by atoms with Gasteiger partial charge in [-0.25, -0.2) is 0 Å². The minimum absolute atomic E-state index is 0.581. The number of rotatable bonds is 3. The molecule has 0 aromatic rings. The number of hydrogen-bond acceptors (Lipinski definition) is 2. The average Bonchev–Trinajstić information content (AvgIpc) is 1.81. The highest BCUT2D eigenvalue weighted by atomic mass is 16.5. The Hall–Kier alpha value is -0.0800. The molecule has 0 amide bonds. The molecule has 2 heteroatoms. The molecular formula is C9H17NO. The fourth-order valence-electron chi connectivity index (χ4n) is 1.69. The second kappa shape index (κ2) is 3.11. The van der Waals surface area contributed by atoms with Gasteiger partial charge < -0.3 is 10.1 Å². The topological polar surface area (TPSA) is 21.3 Å². The Bertz CT molecular complexity index is 128. The predicted octanol–water partition coefficient (Wildman–Crippen LogP) is 1.31. The maximum Gasteiger partial charge on any atom is 0.0608 e. The van der Waals surface area contributed by atoms with Gasteiger partial charge in [-0.1, -0.05) is 0 Å². The summed E-state index contributed by atoms with van der Waals surface area (Å²) in [5.74, 6) is 0. The Kier molecular flexibility index (Phi) is 2.14. The minimum atomic E-state index is 0.581. The molecule has 2 aliphatic carbocycles. The molecule has 0 aromatic heterocycles. The van der Waals surface area contributed by atoms with Gasteiger partial charge in [0.1, 0.15) is 0 Å². The Morgan fingerprint density at radius 1 is 1.18 bits per heavy atom. The van der Waals surface area contributed by atoms with E-state index in [1.54, 1.807) is 0 Å². The van der Waals surface area contributed by atoms with Crippen molar-refractivity contribution < 1.29 is 4.74 Å². The van der Waals surface area contributed by atoms with Crippen molar-refractivity contribution >= 4 is 0 Å². The van der Waals surface area contributed by atoms with E-state index in [9.17, 15) is 0 Å². The number of nitrogens with one attached hydrogen (secondary N) is 1. The fraction of sp³-hybridized carbons (Fsp3) is 1.00. The first kappa shape index (κ1) is 7.56. The Morgan fingerprint density at radius 3 is 2.36 bits per heavy atom. The van der Waals surface area contributed by atoms with Gasteiger partial charge in [-0.05, 0) is 39.2 Å². The van der Waals surface area contributed by atoms with Crippen molar-refractivity contribution in [3.63, 3.8) is 0 Å². The second-order valence-corrected chi connectivity index (χ2v) is 3.77. The normalized spacial score (nSPS) is 37.9. The van der Waals surface area contributed by atoms with Crippen LogP contribution in [0.1, 0.15) is 32.1 Å². The Labute approximate surface area is 68.3 Å². The third-order valence-corrected chi connectivity index (χ3v) is 2.94. The van der Waals surface area contributed by atoms with Gasteiger partial charge in [0.25, 0.3) is 0 Å². The molecule has 2 nitrogen and oxygen atoms in total. The Balaban J connectivity index is 1.59. The van der Waals surface area contributed by atoms with Crippen molar-refractivity contribution in [1.82, 2.24) is 5.32 Å². The minimum Gasteiger partial charge on any atom is -0.375 e. The van der Waals surface area contributed by atoms with Crippen LogP contribution >= 0.6 is 0 Å². The second-order valence-electron chi connectivity index (χ2n) is 3.77. The van der Waals surface area contributed by atoms with Gasteiger partial charge >= 0.3 is 0 Å². The summed E-state index contributed by atoms with van der Waals surface area (Å²) in [6.45, 7) is 0. The van der Waals surface area contributed by atoms with Gasteiger partial charge in [0, 0.05) is 6.04 Å². The molecule has 2 saturated carbocycles. The molecular weight excluding hydrogens is 138 g/mol. The van der Waals surface area contributed by atoms with Crippen LogP contribution in [0, 0.1) is 0 Å². The van der Waals surface area contributed by atoms with Crippen LogP contribution in [0.5, 0.6) is 0 Å². The Morgan fingerprint density at radius 2 is 1.91 bits per heavy atom. The molecule has 0 saturated heterocycles. The summed E-state index contributed by atoms with van der Waals surface area (Å²) in [6, 6.07) is 0.736. The van der Waals surface area contributed by atoms with E-state index in [1.807, 2.05) is 7.05 Å². The standard InChI is InChI=1S/C9H17NO/c1-10-7-5-9(6-7)11-8-3-2-4-8/h7-10H,2-6H2,1H3. The summed E-state index contributed by atoms with van der Waals surface area (Å²) in [7, 11) is 2.03. The molecule has 0 spiro atoms. The van der Waals surface area contributed by atoms with Crippen LogP contribution in [0.25, 0.3) is 0 Å². The van der Waals surface area contributed by atoms with Crippen LogP contribution in [0.2, 0.25) is 0 Å². The summed E-state index contributed by atoms with van der Waals surface area (Å²) >= 11 is 0. The lowest BCUT2D eigenvalue weighted by Gasteiger charge is -2.39. The maximum atomic E-state index is 5.81. The lowest BCUT2D eigenvalue weighted by molar-refractivity contribution is -0.0921. The summed E-state index contributed by atoms with van der Waals surface area (Å²) < 4.78 is 5.81. The quantitative estimate of drug-likeness (QED) is 0.663. The molecule has 0 aromatic carbocycles.